The van der Waals surface area contributed by atoms with Crippen molar-refractivity contribution in [2.45, 2.75) is 52.1 Å². The number of hydrogen-bond acceptors (Lipinski definition) is 4. The Hall–Kier alpha value is -0.880. The Balaban J connectivity index is 2.05. The van der Waals surface area contributed by atoms with E-state index in [-0.39, 0.29) is 11.5 Å². The summed E-state index contributed by atoms with van der Waals surface area (Å²) in [6.45, 7) is 6.16. The lowest BCUT2D eigenvalue weighted by molar-refractivity contribution is 0.573. The van der Waals surface area contributed by atoms with Crippen LogP contribution in [0.1, 0.15) is 50.3 Å². The molecule has 0 aromatic carbocycles. The van der Waals surface area contributed by atoms with Crippen LogP contribution in [0, 0.1) is 0 Å². The van der Waals surface area contributed by atoms with E-state index in [0.29, 0.717) is 12.5 Å². The first-order valence-corrected chi connectivity index (χ1v) is 9.35. The highest BCUT2D eigenvalue weighted by Crippen LogP contribution is 2.41. The van der Waals surface area contributed by atoms with Crippen LogP contribution in [-0.2, 0) is 22.9 Å². The average Bonchev–Trinajstić information content (AvgIpc) is 3.19. The van der Waals surface area contributed by atoms with Crippen LogP contribution in [0.15, 0.2) is 6.20 Å². The van der Waals surface area contributed by atoms with Crippen LogP contribution in [0.2, 0.25) is 0 Å². The zero-order valence-corrected chi connectivity index (χ0v) is 13.2. The van der Waals surface area contributed by atoms with Crippen LogP contribution in [0.3, 0.4) is 0 Å². The Morgan fingerprint density at radius 1 is 1.40 bits per heavy atom. The van der Waals surface area contributed by atoms with Crippen LogP contribution < -0.4 is 5.32 Å². The van der Waals surface area contributed by atoms with Gasteiger partial charge in [0.25, 0.3) is 0 Å². The van der Waals surface area contributed by atoms with Crippen LogP contribution in [0.25, 0.3) is 0 Å². The van der Waals surface area contributed by atoms with Gasteiger partial charge in [-0.15, -0.1) is 0 Å². The molecule has 114 valence electrons. The second-order valence-corrected chi connectivity index (χ2v) is 7.94. The largest absolute Gasteiger partial charge is 0.313 e. The number of aryl methyl sites for hydroxylation is 1. The maximum Gasteiger partial charge on any atom is 0.151 e. The molecule has 0 unspecified atom stereocenters. The number of nitrogens with zero attached hydrogens (tertiary/aromatic N) is 2. The molecule has 1 fully saturated rings. The van der Waals surface area contributed by atoms with Crippen molar-refractivity contribution in [3.05, 3.63) is 17.5 Å². The van der Waals surface area contributed by atoms with E-state index in [0.717, 1.165) is 19.5 Å². The Labute approximate surface area is 121 Å². The van der Waals surface area contributed by atoms with E-state index in [1.165, 1.54) is 24.1 Å². The highest BCUT2D eigenvalue weighted by Gasteiger charge is 2.30. The normalized spacial score (nSPS) is 15.7. The Morgan fingerprint density at radius 3 is 2.75 bits per heavy atom. The zero-order chi connectivity index (χ0) is 14.6. The minimum Gasteiger partial charge on any atom is -0.313 e. The fraction of sp³-hybridized carbons (Fsp3) is 0.786. The van der Waals surface area contributed by atoms with Crippen molar-refractivity contribution in [1.29, 1.82) is 0 Å². The molecular formula is C14H25N3O2S. The van der Waals surface area contributed by atoms with Crippen LogP contribution in [0.5, 0.6) is 0 Å². The van der Waals surface area contributed by atoms with E-state index >= 15 is 0 Å². The molecule has 1 saturated carbocycles. The van der Waals surface area contributed by atoms with Crippen molar-refractivity contribution in [3.8, 4) is 0 Å². The van der Waals surface area contributed by atoms with Crippen LogP contribution in [-0.4, -0.2) is 36.2 Å². The number of sulfone groups is 1. The molecule has 5 nitrogen and oxygen atoms in total. The molecule has 0 saturated heterocycles. The average molecular weight is 299 g/mol. The molecule has 1 aromatic heterocycles. The van der Waals surface area contributed by atoms with Gasteiger partial charge in [-0.25, -0.2) is 8.42 Å². The summed E-state index contributed by atoms with van der Waals surface area (Å²) in [6.07, 6.45) is 5.41. The standard InChI is InChI=1S/C14H25N3O2S/c1-3-7-15-10-13-11-16-17(14(13)12-5-6-12)8-9-20(18,19)4-2/h11-12,15H,3-10H2,1-2H3. The molecule has 0 aliphatic heterocycles. The van der Waals surface area contributed by atoms with Gasteiger partial charge in [-0.1, -0.05) is 13.8 Å². The Kier molecular flexibility index (Phi) is 5.21. The smallest absolute Gasteiger partial charge is 0.151 e. The summed E-state index contributed by atoms with van der Waals surface area (Å²) < 4.78 is 25.2. The monoisotopic (exact) mass is 299 g/mol. The first-order chi connectivity index (χ1) is 9.57. The van der Waals surface area contributed by atoms with E-state index < -0.39 is 9.84 Å². The molecule has 20 heavy (non-hydrogen) atoms. The van der Waals surface area contributed by atoms with Crippen molar-refractivity contribution < 1.29 is 8.42 Å². The molecule has 1 aliphatic rings. The van der Waals surface area contributed by atoms with Gasteiger partial charge in [-0.3, -0.25) is 4.68 Å². The summed E-state index contributed by atoms with van der Waals surface area (Å²) in [5, 5.41) is 7.81. The van der Waals surface area contributed by atoms with Gasteiger partial charge in [0.15, 0.2) is 9.84 Å². The van der Waals surface area contributed by atoms with Gasteiger partial charge in [0.1, 0.15) is 0 Å². The number of nitrogens with one attached hydrogen (secondary N) is 1. The number of hydrogen-bond donors (Lipinski definition) is 1. The van der Waals surface area contributed by atoms with Gasteiger partial charge in [-0.2, -0.15) is 5.10 Å². The SMILES string of the molecule is CCCNCc1cnn(CCS(=O)(=O)CC)c1C1CC1. The van der Waals surface area contributed by atoms with E-state index in [9.17, 15) is 8.42 Å². The predicted octanol–water partition coefficient (Wildman–Crippen LogP) is 1.69. The predicted molar refractivity (Wildman–Crippen MR) is 80.5 cm³/mol. The van der Waals surface area contributed by atoms with Gasteiger partial charge >= 0.3 is 0 Å². The molecule has 1 aliphatic carbocycles. The summed E-state index contributed by atoms with van der Waals surface area (Å²) in [5.74, 6) is 0.977. The minimum atomic E-state index is -2.93. The van der Waals surface area contributed by atoms with Crippen molar-refractivity contribution in [1.82, 2.24) is 15.1 Å². The van der Waals surface area contributed by atoms with Crippen LogP contribution in [0.4, 0.5) is 0 Å². The first kappa shape index (κ1) is 15.5. The first-order valence-electron chi connectivity index (χ1n) is 7.53. The maximum atomic E-state index is 11.6. The molecule has 0 spiro atoms. The lowest BCUT2D eigenvalue weighted by Crippen LogP contribution is -2.18. The molecule has 0 radical (unpaired) electrons. The topological polar surface area (TPSA) is 64.0 Å². The second kappa shape index (κ2) is 6.72. The third-order valence-electron chi connectivity index (χ3n) is 3.72. The molecular weight excluding hydrogens is 274 g/mol. The third kappa shape index (κ3) is 4.06. The molecule has 2 rings (SSSR count). The Bertz CT molecular complexity index is 533. The van der Waals surface area contributed by atoms with E-state index in [4.69, 9.17) is 0 Å². The number of aromatic nitrogens is 2. The molecule has 1 N–H and O–H groups in total. The second-order valence-electron chi connectivity index (χ2n) is 5.47. The van der Waals surface area contributed by atoms with Gasteiger partial charge < -0.3 is 5.32 Å². The van der Waals surface area contributed by atoms with Crippen LogP contribution >= 0.6 is 0 Å². The summed E-state index contributed by atoms with van der Waals surface area (Å²) in [6, 6.07) is 0. The van der Waals surface area contributed by atoms with E-state index in [1.807, 2.05) is 10.9 Å². The van der Waals surface area contributed by atoms with Gasteiger partial charge in [0, 0.05) is 29.5 Å². The van der Waals surface area contributed by atoms with Crippen molar-refractivity contribution in [2.24, 2.45) is 0 Å². The quantitative estimate of drug-likeness (QED) is 0.705. The lowest BCUT2D eigenvalue weighted by atomic mass is 10.1. The van der Waals surface area contributed by atoms with E-state index in [2.05, 4.69) is 17.3 Å². The van der Waals surface area contributed by atoms with Crippen molar-refractivity contribution in [2.75, 3.05) is 18.1 Å². The minimum absolute atomic E-state index is 0.187. The maximum absolute atomic E-state index is 11.6. The fourth-order valence-electron chi connectivity index (χ4n) is 2.35. The summed E-state index contributed by atoms with van der Waals surface area (Å²) in [4.78, 5) is 0. The van der Waals surface area contributed by atoms with Crippen molar-refractivity contribution >= 4 is 9.84 Å². The molecule has 1 aromatic rings. The summed E-state index contributed by atoms with van der Waals surface area (Å²) in [5.41, 5.74) is 2.48. The summed E-state index contributed by atoms with van der Waals surface area (Å²) in [7, 11) is -2.93. The highest BCUT2D eigenvalue weighted by molar-refractivity contribution is 7.91. The van der Waals surface area contributed by atoms with Gasteiger partial charge in [0.2, 0.25) is 0 Å². The van der Waals surface area contributed by atoms with Crippen molar-refractivity contribution in [3.63, 3.8) is 0 Å². The molecule has 6 heteroatoms. The third-order valence-corrected chi connectivity index (χ3v) is 5.40. The molecule has 0 amide bonds. The molecule has 0 bridgehead atoms. The lowest BCUT2D eigenvalue weighted by Gasteiger charge is -2.09. The molecule has 1 heterocycles. The molecule has 0 atom stereocenters. The Morgan fingerprint density at radius 2 is 2.15 bits per heavy atom. The fourth-order valence-corrected chi connectivity index (χ4v) is 3.09. The zero-order valence-electron chi connectivity index (χ0n) is 12.4. The highest BCUT2D eigenvalue weighted by atomic mass is 32.2. The number of rotatable bonds is 9. The summed E-state index contributed by atoms with van der Waals surface area (Å²) >= 11 is 0. The van der Waals surface area contributed by atoms with E-state index in [1.54, 1.807) is 6.92 Å². The van der Waals surface area contributed by atoms with Gasteiger partial charge in [-0.05, 0) is 25.8 Å². The van der Waals surface area contributed by atoms with Gasteiger partial charge in [0.05, 0.1) is 18.5 Å².